The highest BCUT2D eigenvalue weighted by atomic mass is 28.3. The minimum Gasteiger partial charge on any atom is -0.303 e. The number of carbonyl (C=O) groups is 1. The van der Waals surface area contributed by atoms with Crippen LogP contribution < -0.4 is 5.19 Å². The third-order valence-corrected chi connectivity index (χ3v) is 6.14. The van der Waals surface area contributed by atoms with Crippen molar-refractivity contribution in [1.82, 2.24) is 0 Å². The molecule has 0 N–H and O–H groups in total. The summed E-state index contributed by atoms with van der Waals surface area (Å²) in [7, 11) is -1.41. The quantitative estimate of drug-likeness (QED) is 0.418. The Hall–Kier alpha value is -1.15. The molecule has 1 rings (SSSR count). The van der Waals surface area contributed by atoms with E-state index in [1.165, 1.54) is 10.8 Å². The van der Waals surface area contributed by atoms with Gasteiger partial charge >= 0.3 is 0 Å². The van der Waals surface area contributed by atoms with Gasteiger partial charge in [0.05, 0.1) is 8.07 Å². The van der Waals surface area contributed by atoms with Gasteiger partial charge in [-0.3, -0.25) is 0 Å². The van der Waals surface area contributed by atoms with E-state index >= 15 is 0 Å². The van der Waals surface area contributed by atoms with Gasteiger partial charge in [-0.15, -0.1) is 6.58 Å². The second-order valence-electron chi connectivity index (χ2n) is 4.88. The summed E-state index contributed by atoms with van der Waals surface area (Å²) < 4.78 is 0. The monoisotopic (exact) mass is 232 g/mol. The van der Waals surface area contributed by atoms with Crippen molar-refractivity contribution >= 4 is 19.5 Å². The van der Waals surface area contributed by atoms with E-state index in [4.69, 9.17) is 0 Å². The van der Waals surface area contributed by atoms with Crippen molar-refractivity contribution in [2.24, 2.45) is 0 Å². The summed E-state index contributed by atoms with van der Waals surface area (Å²) >= 11 is 0. The van der Waals surface area contributed by atoms with Crippen LogP contribution in [0.1, 0.15) is 12.8 Å². The van der Waals surface area contributed by atoms with Crippen molar-refractivity contribution in [3.8, 4) is 0 Å². The van der Waals surface area contributed by atoms with Crippen LogP contribution in [0, 0.1) is 0 Å². The molecule has 0 amide bonds. The largest absolute Gasteiger partial charge is 0.303 e. The van der Waals surface area contributed by atoms with Gasteiger partial charge in [-0.2, -0.15) is 0 Å². The summed E-state index contributed by atoms with van der Waals surface area (Å²) in [5, 5.41) is 1.46. The van der Waals surface area contributed by atoms with Gasteiger partial charge in [-0.1, -0.05) is 54.2 Å². The fourth-order valence-electron chi connectivity index (χ4n) is 1.97. The molecule has 0 radical (unpaired) electrons. The lowest BCUT2D eigenvalue weighted by atomic mass is 10.2. The third-order valence-electron chi connectivity index (χ3n) is 2.86. The highest BCUT2D eigenvalue weighted by Gasteiger charge is 2.23. The molecule has 0 spiro atoms. The van der Waals surface area contributed by atoms with E-state index in [2.05, 4.69) is 50.0 Å². The van der Waals surface area contributed by atoms with Crippen LogP contribution >= 0.6 is 0 Å². The predicted molar refractivity (Wildman–Crippen MR) is 72.8 cm³/mol. The number of aldehydes is 1. The summed E-state index contributed by atoms with van der Waals surface area (Å²) in [5.74, 6) is 0. The van der Waals surface area contributed by atoms with Crippen molar-refractivity contribution in [3.05, 3.63) is 42.5 Å². The second kappa shape index (κ2) is 5.80. The van der Waals surface area contributed by atoms with Crippen molar-refractivity contribution in [3.63, 3.8) is 0 Å². The topological polar surface area (TPSA) is 17.1 Å². The number of carbonyl (C=O) groups excluding carboxylic acids is 1. The van der Waals surface area contributed by atoms with E-state index in [0.717, 1.165) is 18.8 Å². The minimum atomic E-state index is -1.41. The molecule has 0 unspecified atom stereocenters. The number of benzene rings is 1. The Bertz CT molecular complexity index is 354. The molecular formula is C14H20OSi. The average molecular weight is 232 g/mol. The fraction of sp³-hybridized carbons (Fsp3) is 0.357. The molecule has 0 saturated carbocycles. The van der Waals surface area contributed by atoms with Crippen LogP contribution in [0.4, 0.5) is 0 Å². The predicted octanol–water partition coefficient (Wildman–Crippen LogP) is 3.14. The summed E-state index contributed by atoms with van der Waals surface area (Å²) in [6, 6.07) is 11.7. The first-order chi connectivity index (χ1) is 7.56. The van der Waals surface area contributed by atoms with E-state index in [9.17, 15) is 4.79 Å². The first-order valence-corrected chi connectivity index (χ1v) is 8.93. The summed E-state index contributed by atoms with van der Waals surface area (Å²) in [5.41, 5.74) is 1.22. The molecule has 1 aromatic carbocycles. The van der Waals surface area contributed by atoms with Crippen LogP contribution in [0.25, 0.3) is 0 Å². The lowest BCUT2D eigenvalue weighted by molar-refractivity contribution is -0.107. The molecule has 2 heteroatoms. The third kappa shape index (κ3) is 3.78. The molecular weight excluding hydrogens is 212 g/mol. The molecule has 0 aliphatic rings. The van der Waals surface area contributed by atoms with Crippen LogP contribution in [0.3, 0.4) is 0 Å². The molecule has 0 atom stereocenters. The van der Waals surface area contributed by atoms with E-state index in [1.807, 2.05) is 0 Å². The Morgan fingerprint density at radius 2 is 1.94 bits per heavy atom. The molecule has 0 aliphatic heterocycles. The highest BCUT2D eigenvalue weighted by Crippen LogP contribution is 2.18. The van der Waals surface area contributed by atoms with Crippen molar-refractivity contribution in [2.75, 3.05) is 0 Å². The first-order valence-electron chi connectivity index (χ1n) is 5.72. The SMILES string of the molecule is C=C(CCC=O)C[Si](C)(C)c1ccccc1. The summed E-state index contributed by atoms with van der Waals surface area (Å²) in [6.45, 7) is 8.79. The molecule has 0 aliphatic carbocycles. The number of hydrogen-bond donors (Lipinski definition) is 0. The van der Waals surface area contributed by atoms with Gasteiger partial charge in [0.15, 0.2) is 0 Å². The van der Waals surface area contributed by atoms with Gasteiger partial charge in [0, 0.05) is 6.42 Å². The Morgan fingerprint density at radius 1 is 1.31 bits per heavy atom. The molecule has 0 saturated heterocycles. The standard InChI is InChI=1S/C14H20OSi/c1-13(8-7-11-15)12-16(2,3)14-9-5-4-6-10-14/h4-6,9-11H,1,7-8,12H2,2-3H3. The maximum atomic E-state index is 10.3. The molecule has 16 heavy (non-hydrogen) atoms. The number of allylic oxidation sites excluding steroid dienone is 1. The van der Waals surface area contributed by atoms with E-state index in [0.29, 0.717) is 6.42 Å². The molecule has 1 aromatic rings. The molecule has 0 aromatic heterocycles. The fourth-order valence-corrected chi connectivity index (χ4v) is 4.69. The second-order valence-corrected chi connectivity index (χ2v) is 9.58. The minimum absolute atomic E-state index is 0.609. The van der Waals surface area contributed by atoms with Crippen molar-refractivity contribution in [1.29, 1.82) is 0 Å². The van der Waals surface area contributed by atoms with Crippen molar-refractivity contribution < 1.29 is 4.79 Å². The number of rotatable bonds is 6. The van der Waals surface area contributed by atoms with Crippen LogP contribution in [-0.4, -0.2) is 14.4 Å². The van der Waals surface area contributed by atoms with Crippen molar-refractivity contribution in [2.45, 2.75) is 32.0 Å². The maximum absolute atomic E-state index is 10.3. The van der Waals surface area contributed by atoms with E-state index < -0.39 is 8.07 Å². The summed E-state index contributed by atoms with van der Waals surface area (Å²) in [4.78, 5) is 10.3. The zero-order valence-corrected chi connectivity index (χ0v) is 11.2. The molecule has 1 nitrogen and oxygen atoms in total. The van der Waals surface area contributed by atoms with E-state index in [-0.39, 0.29) is 0 Å². The Labute approximate surface area is 99.2 Å². The van der Waals surface area contributed by atoms with Gasteiger partial charge in [-0.25, -0.2) is 0 Å². The normalized spacial score (nSPS) is 11.1. The molecule has 0 heterocycles. The van der Waals surface area contributed by atoms with Gasteiger partial charge in [0.25, 0.3) is 0 Å². The lowest BCUT2D eigenvalue weighted by Crippen LogP contribution is -2.41. The van der Waals surface area contributed by atoms with Gasteiger partial charge in [0.1, 0.15) is 6.29 Å². The Kier molecular flexibility index (Phi) is 4.68. The number of hydrogen-bond acceptors (Lipinski definition) is 1. The Morgan fingerprint density at radius 3 is 2.50 bits per heavy atom. The van der Waals surface area contributed by atoms with Crippen LogP contribution in [0.2, 0.25) is 19.1 Å². The van der Waals surface area contributed by atoms with Crippen LogP contribution in [0.15, 0.2) is 42.5 Å². The van der Waals surface area contributed by atoms with Crippen LogP contribution in [0.5, 0.6) is 0 Å². The van der Waals surface area contributed by atoms with Gasteiger partial charge in [0.2, 0.25) is 0 Å². The van der Waals surface area contributed by atoms with E-state index in [1.54, 1.807) is 0 Å². The van der Waals surface area contributed by atoms with Crippen LogP contribution in [-0.2, 0) is 4.79 Å². The lowest BCUT2D eigenvalue weighted by Gasteiger charge is -2.24. The molecule has 0 fully saturated rings. The Balaban J connectivity index is 2.65. The first kappa shape index (κ1) is 12.9. The highest BCUT2D eigenvalue weighted by molar-refractivity contribution is 6.90. The average Bonchev–Trinajstić information content (AvgIpc) is 2.27. The van der Waals surface area contributed by atoms with Gasteiger partial charge < -0.3 is 4.79 Å². The zero-order valence-electron chi connectivity index (χ0n) is 10.2. The molecule has 0 bridgehead atoms. The smallest absolute Gasteiger partial charge is 0.120 e. The summed E-state index contributed by atoms with van der Waals surface area (Å²) in [6.07, 6.45) is 2.42. The van der Waals surface area contributed by atoms with Gasteiger partial charge in [-0.05, 0) is 12.5 Å². The zero-order chi connectivity index (χ0) is 12.0. The molecule has 86 valence electrons. The maximum Gasteiger partial charge on any atom is 0.120 e.